The summed E-state index contributed by atoms with van der Waals surface area (Å²) in [6.45, 7) is 10.8. The van der Waals surface area contributed by atoms with Gasteiger partial charge in [0.15, 0.2) is 11.5 Å². The van der Waals surface area contributed by atoms with Crippen molar-refractivity contribution in [2.24, 2.45) is 0 Å². The van der Waals surface area contributed by atoms with Crippen LogP contribution in [0.5, 0.6) is 0 Å². The molecular formula is C37H43ClF3N11O5Si. The summed E-state index contributed by atoms with van der Waals surface area (Å²) in [6, 6.07) is 3.64. The molecule has 4 aromatic heterocycles. The third-order valence-electron chi connectivity index (χ3n) is 10.0. The Hall–Kier alpha value is -5.18. The molecule has 2 aliphatic heterocycles. The van der Waals surface area contributed by atoms with Gasteiger partial charge < -0.3 is 29.2 Å². The van der Waals surface area contributed by atoms with Crippen LogP contribution in [0, 0.1) is 0 Å². The molecule has 2 aliphatic rings. The zero-order chi connectivity index (χ0) is 41.4. The van der Waals surface area contributed by atoms with Crippen LogP contribution in [0.25, 0.3) is 22.4 Å². The van der Waals surface area contributed by atoms with Gasteiger partial charge >= 0.3 is 6.18 Å². The minimum absolute atomic E-state index is 0.0103. The number of nitrogens with zero attached hydrogens (tertiary/aromatic N) is 10. The molecule has 0 saturated carbocycles. The van der Waals surface area contributed by atoms with E-state index in [1.807, 2.05) is 17.9 Å². The molecule has 6 heterocycles. The fourth-order valence-electron chi connectivity index (χ4n) is 6.91. The van der Waals surface area contributed by atoms with Crippen LogP contribution in [-0.4, -0.2) is 110 Å². The third kappa shape index (κ3) is 8.64. The summed E-state index contributed by atoms with van der Waals surface area (Å²) in [5.41, 5.74) is 1.33. The number of halogens is 4. The zero-order valence-corrected chi connectivity index (χ0v) is 34.2. The van der Waals surface area contributed by atoms with E-state index in [1.165, 1.54) is 10.8 Å². The highest BCUT2D eigenvalue weighted by atomic mass is 35.5. The maximum Gasteiger partial charge on any atom is 0.416 e. The summed E-state index contributed by atoms with van der Waals surface area (Å²) in [7, 11) is -1.31. The van der Waals surface area contributed by atoms with E-state index >= 15 is 0 Å². The molecule has 16 nitrogen and oxygen atoms in total. The minimum atomic E-state index is -4.61. The van der Waals surface area contributed by atoms with E-state index in [0.717, 1.165) is 29.8 Å². The highest BCUT2D eigenvalue weighted by Gasteiger charge is 2.33. The number of carbonyl (C=O) groups excluding carboxylic acids is 2. The van der Waals surface area contributed by atoms with Crippen LogP contribution >= 0.6 is 11.6 Å². The molecule has 58 heavy (non-hydrogen) atoms. The van der Waals surface area contributed by atoms with E-state index < -0.39 is 31.3 Å². The number of piperazine rings is 1. The first-order chi connectivity index (χ1) is 27.6. The molecular weight excluding hydrogens is 799 g/mol. The van der Waals surface area contributed by atoms with Crippen LogP contribution in [0.2, 0.25) is 30.7 Å². The topological polar surface area (TPSA) is 167 Å². The van der Waals surface area contributed by atoms with Crippen LogP contribution in [-0.2, 0) is 40.1 Å². The zero-order valence-electron chi connectivity index (χ0n) is 32.5. The molecule has 21 heteroatoms. The lowest BCUT2D eigenvalue weighted by Gasteiger charge is -2.36. The van der Waals surface area contributed by atoms with E-state index in [9.17, 15) is 27.6 Å². The van der Waals surface area contributed by atoms with E-state index in [1.54, 1.807) is 20.3 Å². The maximum atomic E-state index is 14.4. The Labute approximate surface area is 336 Å². The number of hydrogen-bond acceptors (Lipinski definition) is 11. The van der Waals surface area contributed by atoms with Crippen molar-refractivity contribution in [3.05, 3.63) is 75.0 Å². The van der Waals surface area contributed by atoms with Gasteiger partial charge in [-0.2, -0.15) is 27.8 Å². The Morgan fingerprint density at radius 1 is 1.10 bits per heavy atom. The molecule has 1 N–H and O–H groups in total. The smallest absolute Gasteiger partial charge is 0.377 e. The highest BCUT2D eigenvalue weighted by Crippen LogP contribution is 2.34. The summed E-state index contributed by atoms with van der Waals surface area (Å²) in [4.78, 5) is 58.9. The third-order valence-corrected chi connectivity index (χ3v) is 12.0. The number of rotatable bonds is 12. The second-order valence-corrected chi connectivity index (χ2v) is 21.2. The van der Waals surface area contributed by atoms with Gasteiger partial charge in [-0.3, -0.25) is 14.4 Å². The Kier molecular flexibility index (Phi) is 11.7. The first-order valence-corrected chi connectivity index (χ1v) is 23.0. The van der Waals surface area contributed by atoms with Gasteiger partial charge in [0.05, 0.1) is 41.4 Å². The van der Waals surface area contributed by atoms with Crippen LogP contribution in [0.1, 0.15) is 40.9 Å². The van der Waals surface area contributed by atoms with Crippen molar-refractivity contribution in [3.8, 4) is 0 Å². The molecule has 1 aromatic carbocycles. The van der Waals surface area contributed by atoms with Crippen LogP contribution in [0.15, 0.2) is 41.6 Å². The van der Waals surface area contributed by atoms with Gasteiger partial charge in [-0.1, -0.05) is 44.2 Å². The number of anilines is 2. The average Bonchev–Trinajstić information content (AvgIpc) is 3.83. The lowest BCUT2D eigenvalue weighted by atomic mass is 10.1. The van der Waals surface area contributed by atoms with Gasteiger partial charge in [-0.15, -0.1) is 5.10 Å². The molecule has 308 valence electrons. The molecule has 1 saturated heterocycles. The summed E-state index contributed by atoms with van der Waals surface area (Å²) in [6.07, 6.45) is 0.957. The maximum absolute atomic E-state index is 14.4. The summed E-state index contributed by atoms with van der Waals surface area (Å²) >= 11 is 6.16. The number of ether oxygens (including phenoxy) is 2. The van der Waals surface area contributed by atoms with Crippen molar-refractivity contribution < 1.29 is 32.2 Å². The lowest BCUT2D eigenvalue weighted by molar-refractivity contribution is -0.137. The van der Waals surface area contributed by atoms with Crippen LogP contribution in [0.4, 0.5) is 24.5 Å². The Bertz CT molecular complexity index is 2450. The number of benzene rings is 1. The fraction of sp³-hybridized carbons (Fsp3) is 0.459. The molecule has 0 radical (unpaired) electrons. The number of hydrogen-bond donors (Lipinski definition) is 1. The quantitative estimate of drug-likeness (QED) is 0.133. The van der Waals surface area contributed by atoms with Gasteiger partial charge in [0, 0.05) is 40.9 Å². The lowest BCUT2D eigenvalue weighted by Crippen LogP contribution is -2.51. The van der Waals surface area contributed by atoms with Crippen molar-refractivity contribution >= 4 is 65.2 Å². The Balaban J connectivity index is 1.16. The summed E-state index contributed by atoms with van der Waals surface area (Å²) in [5, 5.41) is 11.3. The standard InChI is InChI=1S/C37H43ClF3N11O5Si/c1-5-28-32(48-10-12-49(13-11-48)34(54)30-31-27(42-21-43-30)19-44-51(31)22-57-16-17-58(2,3)4)35(55)52-36(46-33(47-52)23-8-14-56-15-9-23)50(28)20-29(53)45-26-7-6-24(18-25(26)38)37(39,40)41/h6-8,18-19,21H,5,9-17,20,22H2,1-4H3,(H,45,53). The SMILES string of the molecule is CCc1c(N2CCN(C(=O)c3ncnc4cnn(COCC[Si](C)(C)C)c34)CC2)c(=O)n2nc(C3=CCOCC3)nc2n1CC(=O)Nc1ccc(C(F)(F)F)cc1Cl. The van der Waals surface area contributed by atoms with Gasteiger partial charge in [0.1, 0.15) is 36.3 Å². The van der Waals surface area contributed by atoms with E-state index in [0.29, 0.717) is 55.2 Å². The van der Waals surface area contributed by atoms with Crippen molar-refractivity contribution in [1.29, 1.82) is 0 Å². The molecule has 0 bridgehead atoms. The minimum Gasteiger partial charge on any atom is -0.377 e. The normalized spacial score (nSPS) is 15.3. The molecule has 0 unspecified atom stereocenters. The predicted molar refractivity (Wildman–Crippen MR) is 213 cm³/mol. The van der Waals surface area contributed by atoms with E-state index in [2.05, 4.69) is 45.1 Å². The molecule has 0 aliphatic carbocycles. The van der Waals surface area contributed by atoms with Gasteiger partial charge in [0.2, 0.25) is 11.7 Å². The Morgan fingerprint density at radius 3 is 2.55 bits per heavy atom. The van der Waals surface area contributed by atoms with Crippen molar-refractivity contribution in [2.45, 2.75) is 64.9 Å². The number of fused-ring (bicyclic) bond motifs is 2. The number of amides is 2. The average molecular weight is 842 g/mol. The highest BCUT2D eigenvalue weighted by molar-refractivity contribution is 6.76. The van der Waals surface area contributed by atoms with Gasteiger partial charge in [0.25, 0.3) is 11.5 Å². The van der Waals surface area contributed by atoms with Crippen LogP contribution in [0.3, 0.4) is 0 Å². The number of nitrogens with one attached hydrogen (secondary N) is 1. The van der Waals surface area contributed by atoms with Gasteiger partial charge in [-0.25, -0.2) is 14.6 Å². The Morgan fingerprint density at radius 2 is 1.88 bits per heavy atom. The largest absolute Gasteiger partial charge is 0.416 e. The van der Waals surface area contributed by atoms with Crippen molar-refractivity contribution in [2.75, 3.05) is 56.2 Å². The van der Waals surface area contributed by atoms with Crippen molar-refractivity contribution in [3.63, 3.8) is 0 Å². The van der Waals surface area contributed by atoms with Gasteiger partial charge in [-0.05, 0) is 42.7 Å². The summed E-state index contributed by atoms with van der Waals surface area (Å²) < 4.78 is 55.5. The van der Waals surface area contributed by atoms with E-state index in [4.69, 9.17) is 26.1 Å². The number of alkyl halides is 3. The van der Waals surface area contributed by atoms with Crippen molar-refractivity contribution in [1.82, 2.24) is 43.8 Å². The second kappa shape index (κ2) is 16.6. The second-order valence-electron chi connectivity index (χ2n) is 15.2. The fourth-order valence-corrected chi connectivity index (χ4v) is 7.90. The predicted octanol–water partition coefficient (Wildman–Crippen LogP) is 4.98. The number of carbonyl (C=O) groups is 2. The first kappa shape index (κ1) is 41.0. The molecule has 5 aromatic rings. The first-order valence-electron chi connectivity index (χ1n) is 18.9. The molecule has 0 spiro atoms. The molecule has 2 amide bonds. The number of aromatic nitrogens is 8. The monoisotopic (exact) mass is 841 g/mol. The summed E-state index contributed by atoms with van der Waals surface area (Å²) in [5.74, 6) is -0.505. The molecule has 0 atom stereocenters. The van der Waals surface area contributed by atoms with E-state index in [-0.39, 0.29) is 73.2 Å². The van der Waals surface area contributed by atoms with Crippen LogP contribution < -0.4 is 15.8 Å². The molecule has 1 fully saturated rings. The molecule has 7 rings (SSSR count).